The maximum atomic E-state index is 12.2. The zero-order chi connectivity index (χ0) is 16.1. The molecule has 0 radical (unpaired) electrons. The number of rotatable bonds is 3. The third-order valence-electron chi connectivity index (χ3n) is 3.51. The number of aromatic nitrogens is 2. The van der Waals surface area contributed by atoms with E-state index in [1.807, 2.05) is 6.07 Å². The number of carbonyl (C=O) groups excluding carboxylic acids is 1. The van der Waals surface area contributed by atoms with E-state index in [4.69, 9.17) is 10.00 Å². The van der Waals surface area contributed by atoms with Gasteiger partial charge in [0.25, 0.3) is 5.91 Å². The van der Waals surface area contributed by atoms with Crippen LogP contribution >= 0.6 is 0 Å². The minimum atomic E-state index is -0.395. The van der Waals surface area contributed by atoms with Crippen molar-refractivity contribution in [2.75, 3.05) is 36.5 Å². The average Bonchev–Trinajstić information content (AvgIpc) is 2.63. The van der Waals surface area contributed by atoms with Crippen LogP contribution in [0.3, 0.4) is 0 Å². The Kier molecular flexibility index (Phi) is 4.45. The fraction of sp³-hybridized carbons (Fsp3) is 0.250. The molecular formula is C16H15N5O2. The van der Waals surface area contributed by atoms with Crippen LogP contribution in [0.15, 0.2) is 36.4 Å². The molecule has 7 heteroatoms. The molecule has 2 heterocycles. The maximum Gasteiger partial charge on any atom is 0.276 e. The SMILES string of the molecule is N#Cc1ccccc1NC(=O)c1ccc(N2CCOCC2)nn1. The highest BCUT2D eigenvalue weighted by atomic mass is 16.5. The number of nitrogens with one attached hydrogen (secondary N) is 1. The molecule has 0 bridgehead atoms. The molecule has 0 aliphatic carbocycles. The van der Waals surface area contributed by atoms with Gasteiger partial charge in [-0.2, -0.15) is 5.26 Å². The molecule has 0 spiro atoms. The fourth-order valence-corrected chi connectivity index (χ4v) is 2.28. The van der Waals surface area contributed by atoms with E-state index in [1.165, 1.54) is 0 Å². The number of nitrogens with zero attached hydrogens (tertiary/aromatic N) is 4. The van der Waals surface area contributed by atoms with Crippen LogP contribution < -0.4 is 10.2 Å². The molecule has 0 unspecified atom stereocenters. The Balaban J connectivity index is 1.71. The fourth-order valence-electron chi connectivity index (χ4n) is 2.28. The van der Waals surface area contributed by atoms with Crippen molar-refractivity contribution >= 4 is 17.4 Å². The lowest BCUT2D eigenvalue weighted by Gasteiger charge is -2.27. The van der Waals surface area contributed by atoms with E-state index in [0.717, 1.165) is 18.9 Å². The summed E-state index contributed by atoms with van der Waals surface area (Å²) in [5.74, 6) is 0.330. The summed E-state index contributed by atoms with van der Waals surface area (Å²) in [6, 6.07) is 12.2. The number of amides is 1. The molecule has 1 amide bonds. The smallest absolute Gasteiger partial charge is 0.276 e. The van der Waals surface area contributed by atoms with Gasteiger partial charge < -0.3 is 15.0 Å². The summed E-state index contributed by atoms with van der Waals surface area (Å²) in [5.41, 5.74) is 1.06. The lowest BCUT2D eigenvalue weighted by Crippen LogP contribution is -2.37. The summed E-state index contributed by atoms with van der Waals surface area (Å²) in [7, 11) is 0. The molecule has 3 rings (SSSR count). The highest BCUT2D eigenvalue weighted by Crippen LogP contribution is 2.15. The molecule has 0 atom stereocenters. The molecule has 1 aliphatic heterocycles. The molecule has 2 aromatic rings. The third-order valence-corrected chi connectivity index (χ3v) is 3.51. The number of nitriles is 1. The zero-order valence-electron chi connectivity index (χ0n) is 12.4. The number of hydrogen-bond donors (Lipinski definition) is 1. The van der Waals surface area contributed by atoms with Crippen molar-refractivity contribution in [3.05, 3.63) is 47.7 Å². The lowest BCUT2D eigenvalue weighted by atomic mass is 10.2. The van der Waals surface area contributed by atoms with Gasteiger partial charge in [-0.3, -0.25) is 4.79 Å². The summed E-state index contributed by atoms with van der Waals surface area (Å²) in [6.07, 6.45) is 0. The molecule has 0 saturated carbocycles. The number of carbonyl (C=O) groups is 1. The van der Waals surface area contributed by atoms with Crippen LogP contribution in [0.1, 0.15) is 16.1 Å². The Labute approximate surface area is 133 Å². The molecule has 1 N–H and O–H groups in total. The van der Waals surface area contributed by atoms with Crippen LogP contribution in [0.2, 0.25) is 0 Å². The van der Waals surface area contributed by atoms with Crippen molar-refractivity contribution in [3.63, 3.8) is 0 Å². The van der Waals surface area contributed by atoms with Crippen LogP contribution in [0, 0.1) is 11.3 Å². The van der Waals surface area contributed by atoms with Crippen molar-refractivity contribution in [2.24, 2.45) is 0 Å². The number of morpholine rings is 1. The Hall–Kier alpha value is -2.98. The van der Waals surface area contributed by atoms with Crippen molar-refractivity contribution < 1.29 is 9.53 Å². The molecule has 23 heavy (non-hydrogen) atoms. The topological polar surface area (TPSA) is 91.1 Å². The van der Waals surface area contributed by atoms with Crippen LogP contribution in [-0.4, -0.2) is 42.4 Å². The Morgan fingerprint density at radius 1 is 1.17 bits per heavy atom. The monoisotopic (exact) mass is 309 g/mol. The number of para-hydroxylation sites is 1. The summed E-state index contributed by atoms with van der Waals surface area (Å²) in [4.78, 5) is 14.3. The van der Waals surface area contributed by atoms with Crippen LogP contribution in [0.4, 0.5) is 11.5 Å². The summed E-state index contributed by atoms with van der Waals surface area (Å²) < 4.78 is 5.29. The summed E-state index contributed by atoms with van der Waals surface area (Å²) in [5, 5.41) is 19.8. The van der Waals surface area contributed by atoms with Crippen molar-refractivity contribution in [2.45, 2.75) is 0 Å². The van der Waals surface area contributed by atoms with E-state index in [1.54, 1.807) is 36.4 Å². The number of ether oxygens (including phenoxy) is 1. The van der Waals surface area contributed by atoms with E-state index in [2.05, 4.69) is 20.4 Å². The molecule has 1 aromatic heterocycles. The van der Waals surface area contributed by atoms with E-state index < -0.39 is 5.91 Å². The number of anilines is 2. The largest absolute Gasteiger partial charge is 0.378 e. The average molecular weight is 309 g/mol. The predicted molar refractivity (Wildman–Crippen MR) is 84.2 cm³/mol. The maximum absolute atomic E-state index is 12.2. The van der Waals surface area contributed by atoms with Crippen LogP contribution in [0.5, 0.6) is 0 Å². The van der Waals surface area contributed by atoms with Gasteiger partial charge in [0.15, 0.2) is 11.5 Å². The van der Waals surface area contributed by atoms with Gasteiger partial charge in [0.1, 0.15) is 6.07 Å². The van der Waals surface area contributed by atoms with Gasteiger partial charge in [-0.05, 0) is 24.3 Å². The van der Waals surface area contributed by atoms with Gasteiger partial charge >= 0.3 is 0 Å². The van der Waals surface area contributed by atoms with Crippen molar-refractivity contribution in [3.8, 4) is 6.07 Å². The highest BCUT2D eigenvalue weighted by Gasteiger charge is 2.15. The van der Waals surface area contributed by atoms with Gasteiger partial charge in [0.05, 0.1) is 24.5 Å². The van der Waals surface area contributed by atoms with Gasteiger partial charge in [0, 0.05) is 13.1 Å². The second kappa shape index (κ2) is 6.85. The molecule has 116 valence electrons. The highest BCUT2D eigenvalue weighted by molar-refractivity contribution is 6.03. The van der Waals surface area contributed by atoms with Gasteiger partial charge in [-0.15, -0.1) is 10.2 Å². The van der Waals surface area contributed by atoms with Crippen molar-refractivity contribution in [1.82, 2.24) is 10.2 Å². The number of benzene rings is 1. The van der Waals surface area contributed by atoms with E-state index in [9.17, 15) is 4.79 Å². The van der Waals surface area contributed by atoms with Crippen LogP contribution in [-0.2, 0) is 4.74 Å². The van der Waals surface area contributed by atoms with Crippen LogP contribution in [0.25, 0.3) is 0 Å². The second-order valence-corrected chi connectivity index (χ2v) is 4.99. The standard InChI is InChI=1S/C16H15N5O2/c17-11-12-3-1-2-4-13(12)18-16(22)14-5-6-15(20-19-14)21-7-9-23-10-8-21/h1-6H,7-10H2,(H,18,22). The summed E-state index contributed by atoms with van der Waals surface area (Å²) >= 11 is 0. The van der Waals surface area contributed by atoms with E-state index in [-0.39, 0.29) is 5.69 Å². The van der Waals surface area contributed by atoms with E-state index in [0.29, 0.717) is 24.5 Å². The predicted octanol–water partition coefficient (Wildman–Crippen LogP) is 1.44. The quantitative estimate of drug-likeness (QED) is 0.922. The zero-order valence-corrected chi connectivity index (χ0v) is 12.4. The van der Waals surface area contributed by atoms with Gasteiger partial charge in [0.2, 0.25) is 0 Å². The minimum absolute atomic E-state index is 0.203. The number of hydrogen-bond acceptors (Lipinski definition) is 6. The molecule has 1 aliphatic rings. The lowest BCUT2D eigenvalue weighted by molar-refractivity contribution is 0.102. The molecule has 1 fully saturated rings. The molecular weight excluding hydrogens is 294 g/mol. The normalized spacial score (nSPS) is 14.1. The first-order chi connectivity index (χ1) is 11.3. The minimum Gasteiger partial charge on any atom is -0.378 e. The molecule has 1 saturated heterocycles. The van der Waals surface area contributed by atoms with Gasteiger partial charge in [-0.25, -0.2) is 0 Å². The first kappa shape index (κ1) is 14.9. The van der Waals surface area contributed by atoms with Crippen molar-refractivity contribution in [1.29, 1.82) is 5.26 Å². The molecule has 1 aromatic carbocycles. The second-order valence-electron chi connectivity index (χ2n) is 4.99. The Bertz CT molecular complexity index is 733. The van der Waals surface area contributed by atoms with E-state index >= 15 is 0 Å². The van der Waals surface area contributed by atoms with Gasteiger partial charge in [-0.1, -0.05) is 12.1 Å². The third kappa shape index (κ3) is 3.44. The first-order valence-corrected chi connectivity index (χ1v) is 7.25. The molecule has 7 nitrogen and oxygen atoms in total. The Morgan fingerprint density at radius 3 is 2.65 bits per heavy atom. The Morgan fingerprint density at radius 2 is 1.96 bits per heavy atom. The first-order valence-electron chi connectivity index (χ1n) is 7.25. The summed E-state index contributed by atoms with van der Waals surface area (Å²) in [6.45, 7) is 2.84.